The van der Waals surface area contributed by atoms with Crippen LogP contribution in [-0.2, 0) is 9.53 Å². The molecule has 0 aliphatic carbocycles. The Kier molecular flexibility index (Phi) is 4.96. The van der Waals surface area contributed by atoms with E-state index in [9.17, 15) is 9.59 Å². The van der Waals surface area contributed by atoms with E-state index in [0.29, 0.717) is 10.2 Å². The van der Waals surface area contributed by atoms with E-state index in [1.807, 2.05) is 31.4 Å². The number of nitrogens with zero attached hydrogens (tertiary/aromatic N) is 2. The summed E-state index contributed by atoms with van der Waals surface area (Å²) in [5.74, 6) is -0.438. The predicted molar refractivity (Wildman–Crippen MR) is 105 cm³/mol. The van der Waals surface area contributed by atoms with Gasteiger partial charge in [0.25, 0.3) is 5.56 Å². The van der Waals surface area contributed by atoms with Crippen molar-refractivity contribution in [2.24, 2.45) is 0 Å². The van der Waals surface area contributed by atoms with E-state index in [4.69, 9.17) is 4.74 Å². The number of thiophene rings is 1. The molecular formula is C20H22N2O3S. The number of aryl methyl sites for hydroxylation is 2. The maximum atomic E-state index is 13.1. The molecule has 5 nitrogen and oxygen atoms in total. The third-order valence-electron chi connectivity index (χ3n) is 4.30. The molecule has 26 heavy (non-hydrogen) atoms. The van der Waals surface area contributed by atoms with E-state index >= 15 is 0 Å². The van der Waals surface area contributed by atoms with Crippen LogP contribution in [0.4, 0.5) is 0 Å². The zero-order chi connectivity index (χ0) is 19.0. The van der Waals surface area contributed by atoms with Crippen LogP contribution in [0.5, 0.6) is 0 Å². The molecule has 0 saturated heterocycles. The second-order valence-corrected chi connectivity index (χ2v) is 7.62. The van der Waals surface area contributed by atoms with Crippen LogP contribution in [-0.4, -0.2) is 21.6 Å². The molecule has 3 rings (SSSR count). The fourth-order valence-corrected chi connectivity index (χ4v) is 3.88. The lowest BCUT2D eigenvalue weighted by Crippen LogP contribution is -2.30. The van der Waals surface area contributed by atoms with Gasteiger partial charge in [0.2, 0.25) is 0 Å². The van der Waals surface area contributed by atoms with Crippen molar-refractivity contribution in [3.63, 3.8) is 0 Å². The normalized spacial score (nSPS) is 12.5. The first-order chi connectivity index (χ1) is 12.3. The number of carbonyl (C=O) groups is 1. The third-order valence-corrected chi connectivity index (χ3v) is 5.19. The number of aromatic nitrogens is 2. The summed E-state index contributed by atoms with van der Waals surface area (Å²) in [6.07, 6.45) is 1.20. The van der Waals surface area contributed by atoms with Crippen molar-refractivity contribution in [2.45, 2.75) is 46.8 Å². The largest absolute Gasteiger partial charge is 0.461 e. The van der Waals surface area contributed by atoms with Crippen molar-refractivity contribution < 1.29 is 9.53 Å². The van der Waals surface area contributed by atoms with Gasteiger partial charge in [-0.15, -0.1) is 11.3 Å². The average Bonchev–Trinajstić information content (AvgIpc) is 2.98. The van der Waals surface area contributed by atoms with Crippen LogP contribution in [0.25, 0.3) is 21.3 Å². The molecule has 1 atom stereocenters. The highest BCUT2D eigenvalue weighted by atomic mass is 32.1. The zero-order valence-corrected chi connectivity index (χ0v) is 16.4. The minimum atomic E-state index is -0.728. The summed E-state index contributed by atoms with van der Waals surface area (Å²) in [6, 6.07) is 5.42. The summed E-state index contributed by atoms with van der Waals surface area (Å²) in [7, 11) is 0. The maximum absolute atomic E-state index is 13.1. The molecule has 0 spiro atoms. The van der Waals surface area contributed by atoms with Gasteiger partial charge < -0.3 is 4.74 Å². The van der Waals surface area contributed by atoms with Gasteiger partial charge in [0, 0.05) is 10.9 Å². The van der Waals surface area contributed by atoms with Crippen LogP contribution >= 0.6 is 11.3 Å². The van der Waals surface area contributed by atoms with Gasteiger partial charge in [-0.25, -0.2) is 9.78 Å². The Labute approximate surface area is 156 Å². The van der Waals surface area contributed by atoms with E-state index in [2.05, 4.69) is 11.1 Å². The fourth-order valence-electron chi connectivity index (χ4n) is 2.98. The SMILES string of the molecule is Cc1ccc(-c2csc3ncn([C@@H](C)C(=O)OC(C)C)c(=O)c23)c(C)c1. The number of fused-ring (bicyclic) bond motifs is 1. The molecule has 0 unspecified atom stereocenters. The second-order valence-electron chi connectivity index (χ2n) is 6.77. The molecule has 2 heterocycles. The molecule has 0 amide bonds. The first-order valence-electron chi connectivity index (χ1n) is 8.56. The number of esters is 1. The van der Waals surface area contributed by atoms with Gasteiger partial charge in [-0.05, 0) is 45.7 Å². The van der Waals surface area contributed by atoms with Gasteiger partial charge in [-0.1, -0.05) is 23.8 Å². The number of ether oxygens (including phenoxy) is 1. The van der Waals surface area contributed by atoms with E-state index in [-0.39, 0.29) is 11.7 Å². The quantitative estimate of drug-likeness (QED) is 0.644. The molecule has 0 fully saturated rings. The molecular weight excluding hydrogens is 348 g/mol. The fraction of sp³-hybridized carbons (Fsp3) is 0.350. The van der Waals surface area contributed by atoms with Gasteiger partial charge in [0.05, 0.1) is 17.8 Å². The van der Waals surface area contributed by atoms with Crippen molar-refractivity contribution in [2.75, 3.05) is 0 Å². The Morgan fingerprint density at radius 1 is 1.19 bits per heavy atom. The van der Waals surface area contributed by atoms with Crippen LogP contribution in [0.3, 0.4) is 0 Å². The smallest absolute Gasteiger partial charge is 0.329 e. The topological polar surface area (TPSA) is 61.2 Å². The third kappa shape index (κ3) is 3.29. The standard InChI is InChI=1S/C20H22N2O3S/c1-11(2)25-20(24)14(5)22-10-21-18-17(19(22)23)16(9-26-18)15-7-6-12(3)8-13(15)4/h6-11,14H,1-5H3/t14-/m0/s1. The summed E-state index contributed by atoms with van der Waals surface area (Å²) in [4.78, 5) is 30.4. The van der Waals surface area contributed by atoms with Crippen molar-refractivity contribution >= 4 is 27.5 Å². The van der Waals surface area contributed by atoms with Crippen LogP contribution in [0, 0.1) is 13.8 Å². The molecule has 0 N–H and O–H groups in total. The van der Waals surface area contributed by atoms with Crippen molar-refractivity contribution in [3.05, 3.63) is 51.4 Å². The molecule has 1 aromatic carbocycles. The molecule has 0 aliphatic rings. The van der Waals surface area contributed by atoms with E-state index in [1.165, 1.54) is 27.8 Å². The number of benzene rings is 1. The van der Waals surface area contributed by atoms with E-state index in [1.54, 1.807) is 20.8 Å². The number of carbonyl (C=O) groups excluding carboxylic acids is 1. The van der Waals surface area contributed by atoms with Crippen LogP contribution in [0.15, 0.2) is 34.7 Å². The molecule has 0 radical (unpaired) electrons. The lowest BCUT2D eigenvalue weighted by Gasteiger charge is -2.16. The first-order valence-corrected chi connectivity index (χ1v) is 9.44. The van der Waals surface area contributed by atoms with Crippen molar-refractivity contribution in [3.8, 4) is 11.1 Å². The Morgan fingerprint density at radius 2 is 1.92 bits per heavy atom. The molecule has 3 aromatic rings. The Bertz CT molecular complexity index is 1030. The second kappa shape index (κ2) is 7.03. The Hall–Kier alpha value is -2.47. The number of hydrogen-bond acceptors (Lipinski definition) is 5. The van der Waals surface area contributed by atoms with Crippen molar-refractivity contribution in [1.82, 2.24) is 9.55 Å². The van der Waals surface area contributed by atoms with E-state index in [0.717, 1.165) is 16.7 Å². The Morgan fingerprint density at radius 3 is 2.58 bits per heavy atom. The van der Waals surface area contributed by atoms with Crippen LogP contribution in [0.2, 0.25) is 0 Å². The molecule has 136 valence electrons. The minimum Gasteiger partial charge on any atom is -0.461 e. The van der Waals surface area contributed by atoms with Gasteiger partial charge in [-0.3, -0.25) is 9.36 Å². The maximum Gasteiger partial charge on any atom is 0.329 e. The van der Waals surface area contributed by atoms with Gasteiger partial charge >= 0.3 is 5.97 Å². The molecule has 0 bridgehead atoms. The number of rotatable bonds is 4. The molecule has 0 aliphatic heterocycles. The molecule has 0 saturated carbocycles. The summed E-state index contributed by atoms with van der Waals surface area (Å²) < 4.78 is 6.59. The van der Waals surface area contributed by atoms with Crippen molar-refractivity contribution in [1.29, 1.82) is 0 Å². The summed E-state index contributed by atoms with van der Waals surface area (Å²) in [5.41, 5.74) is 3.92. The lowest BCUT2D eigenvalue weighted by molar-refractivity contribution is -0.151. The monoisotopic (exact) mass is 370 g/mol. The molecule has 6 heteroatoms. The first kappa shape index (κ1) is 18.3. The lowest BCUT2D eigenvalue weighted by atomic mass is 9.99. The zero-order valence-electron chi connectivity index (χ0n) is 15.6. The Balaban J connectivity index is 2.14. The predicted octanol–water partition coefficient (Wildman–Crippen LogP) is 4.25. The van der Waals surface area contributed by atoms with Gasteiger partial charge in [0.15, 0.2) is 0 Å². The number of hydrogen-bond donors (Lipinski definition) is 0. The van der Waals surface area contributed by atoms with Crippen LogP contribution in [0.1, 0.15) is 37.9 Å². The van der Waals surface area contributed by atoms with E-state index < -0.39 is 12.0 Å². The highest BCUT2D eigenvalue weighted by molar-refractivity contribution is 7.17. The summed E-state index contributed by atoms with van der Waals surface area (Å²) in [6.45, 7) is 9.29. The van der Waals surface area contributed by atoms with Gasteiger partial charge in [-0.2, -0.15) is 0 Å². The highest BCUT2D eigenvalue weighted by Gasteiger charge is 2.22. The molecule has 2 aromatic heterocycles. The highest BCUT2D eigenvalue weighted by Crippen LogP contribution is 2.33. The van der Waals surface area contributed by atoms with Gasteiger partial charge in [0.1, 0.15) is 10.9 Å². The summed E-state index contributed by atoms with van der Waals surface area (Å²) >= 11 is 1.43. The van der Waals surface area contributed by atoms with Crippen LogP contribution < -0.4 is 5.56 Å². The summed E-state index contributed by atoms with van der Waals surface area (Å²) in [5, 5.41) is 2.51. The average molecular weight is 370 g/mol. The minimum absolute atomic E-state index is 0.223.